The van der Waals surface area contributed by atoms with Crippen LogP contribution in [0.25, 0.3) is 0 Å². The second kappa shape index (κ2) is 5.07. The highest BCUT2D eigenvalue weighted by atomic mass is 19.4. The van der Waals surface area contributed by atoms with Gasteiger partial charge >= 0.3 is 6.18 Å². The van der Waals surface area contributed by atoms with Crippen LogP contribution in [0.2, 0.25) is 0 Å². The fourth-order valence-electron chi connectivity index (χ4n) is 2.75. The zero-order valence-electron chi connectivity index (χ0n) is 11.2. The van der Waals surface area contributed by atoms with Gasteiger partial charge in [-0.3, -0.25) is 0 Å². The molecule has 3 N–H and O–H groups in total. The van der Waals surface area contributed by atoms with Crippen LogP contribution in [-0.2, 0) is 12.6 Å². The van der Waals surface area contributed by atoms with E-state index >= 15 is 0 Å². The quantitative estimate of drug-likeness (QED) is 0.885. The molecular formula is C16H15F3N2. The number of halogens is 3. The molecule has 0 aliphatic heterocycles. The van der Waals surface area contributed by atoms with Crippen molar-refractivity contribution in [3.05, 3.63) is 65.2 Å². The Labute approximate surface area is 120 Å². The van der Waals surface area contributed by atoms with Crippen LogP contribution in [0.3, 0.4) is 0 Å². The molecule has 0 saturated carbocycles. The molecule has 0 heterocycles. The molecule has 2 nitrogen and oxygen atoms in total. The molecule has 0 aromatic heterocycles. The molecule has 2 aromatic carbocycles. The summed E-state index contributed by atoms with van der Waals surface area (Å²) in [5, 5.41) is 3.23. The summed E-state index contributed by atoms with van der Waals surface area (Å²) in [6.45, 7) is 0. The Morgan fingerprint density at radius 2 is 1.67 bits per heavy atom. The van der Waals surface area contributed by atoms with E-state index in [2.05, 4.69) is 5.32 Å². The smallest absolute Gasteiger partial charge is 0.377 e. The van der Waals surface area contributed by atoms with Crippen molar-refractivity contribution in [2.45, 2.75) is 24.7 Å². The minimum absolute atomic E-state index is 0.0714. The van der Waals surface area contributed by atoms with Crippen molar-refractivity contribution in [3.8, 4) is 0 Å². The number of benzene rings is 2. The Bertz CT molecular complexity index is 635. The first-order valence-corrected chi connectivity index (χ1v) is 6.72. The number of nitrogens with two attached hydrogens (primary N) is 1. The summed E-state index contributed by atoms with van der Waals surface area (Å²) in [5.74, 6) is 0. The topological polar surface area (TPSA) is 38.0 Å². The Kier molecular flexibility index (Phi) is 3.37. The Balaban J connectivity index is 1.81. The highest BCUT2D eigenvalue weighted by Crippen LogP contribution is 2.34. The molecule has 0 fully saturated rings. The van der Waals surface area contributed by atoms with Crippen LogP contribution in [0.15, 0.2) is 48.5 Å². The Morgan fingerprint density at radius 1 is 1.00 bits per heavy atom. The van der Waals surface area contributed by atoms with Gasteiger partial charge < -0.3 is 11.1 Å². The molecule has 2 unspecified atom stereocenters. The van der Waals surface area contributed by atoms with Gasteiger partial charge in [-0.2, -0.15) is 13.2 Å². The van der Waals surface area contributed by atoms with E-state index in [1.165, 1.54) is 17.7 Å². The molecule has 110 valence electrons. The zero-order valence-corrected chi connectivity index (χ0v) is 11.2. The molecule has 5 heteroatoms. The Morgan fingerprint density at radius 3 is 2.33 bits per heavy atom. The normalized spacial score (nSPS) is 21.1. The van der Waals surface area contributed by atoms with E-state index in [1.807, 2.05) is 24.3 Å². The van der Waals surface area contributed by atoms with E-state index in [-0.39, 0.29) is 12.1 Å². The third kappa shape index (κ3) is 2.74. The van der Waals surface area contributed by atoms with Crippen molar-refractivity contribution in [2.24, 2.45) is 5.73 Å². The summed E-state index contributed by atoms with van der Waals surface area (Å²) in [6.07, 6.45) is -3.54. The van der Waals surface area contributed by atoms with Crippen molar-refractivity contribution >= 4 is 5.69 Å². The van der Waals surface area contributed by atoms with Gasteiger partial charge in [-0.1, -0.05) is 24.3 Å². The molecule has 0 spiro atoms. The molecule has 0 bridgehead atoms. The molecule has 0 amide bonds. The summed E-state index contributed by atoms with van der Waals surface area (Å²) in [7, 11) is 0. The van der Waals surface area contributed by atoms with Gasteiger partial charge in [0, 0.05) is 11.7 Å². The van der Waals surface area contributed by atoms with E-state index < -0.39 is 11.7 Å². The maximum absolute atomic E-state index is 12.5. The van der Waals surface area contributed by atoms with Crippen LogP contribution in [0.4, 0.5) is 18.9 Å². The standard InChI is InChI=1S/C16H15F3N2/c17-16(18,19)11-5-7-12(8-6-11)21-15-13-4-2-1-3-10(13)9-14(15)20/h1-8,14-15,21H,9,20H2. The highest BCUT2D eigenvalue weighted by molar-refractivity contribution is 5.50. The molecule has 1 aliphatic rings. The SMILES string of the molecule is NC1Cc2ccccc2C1Nc1ccc(C(F)(F)F)cc1. The molecule has 0 saturated heterocycles. The monoisotopic (exact) mass is 292 g/mol. The van der Waals surface area contributed by atoms with Crippen LogP contribution in [0, 0.1) is 0 Å². The Hall–Kier alpha value is -2.01. The fourth-order valence-corrected chi connectivity index (χ4v) is 2.75. The average molecular weight is 292 g/mol. The van der Waals surface area contributed by atoms with Crippen molar-refractivity contribution in [3.63, 3.8) is 0 Å². The minimum atomic E-state index is -4.31. The van der Waals surface area contributed by atoms with Gasteiger partial charge in [0.1, 0.15) is 0 Å². The van der Waals surface area contributed by atoms with E-state index in [1.54, 1.807) is 0 Å². The highest BCUT2D eigenvalue weighted by Gasteiger charge is 2.31. The fraction of sp³-hybridized carbons (Fsp3) is 0.250. The van der Waals surface area contributed by atoms with Crippen LogP contribution >= 0.6 is 0 Å². The van der Waals surface area contributed by atoms with Gasteiger partial charge in [0.25, 0.3) is 0 Å². The lowest BCUT2D eigenvalue weighted by Gasteiger charge is -2.20. The lowest BCUT2D eigenvalue weighted by molar-refractivity contribution is -0.137. The summed E-state index contributed by atoms with van der Waals surface area (Å²) in [6, 6.07) is 12.8. The largest absolute Gasteiger partial charge is 0.416 e. The molecule has 1 aliphatic carbocycles. The molecule has 0 radical (unpaired) electrons. The first-order valence-electron chi connectivity index (χ1n) is 6.72. The lowest BCUT2D eigenvalue weighted by Crippen LogP contribution is -2.29. The van der Waals surface area contributed by atoms with Gasteiger partial charge in [0.05, 0.1) is 11.6 Å². The summed E-state index contributed by atoms with van der Waals surface area (Å²) >= 11 is 0. The molecule has 21 heavy (non-hydrogen) atoms. The number of fused-ring (bicyclic) bond motifs is 1. The number of alkyl halides is 3. The van der Waals surface area contributed by atoms with Gasteiger partial charge in [0.15, 0.2) is 0 Å². The first kappa shape index (κ1) is 13.9. The van der Waals surface area contributed by atoms with E-state index in [0.717, 1.165) is 24.1 Å². The second-order valence-corrected chi connectivity index (χ2v) is 5.26. The molecule has 2 atom stereocenters. The van der Waals surface area contributed by atoms with Crippen molar-refractivity contribution < 1.29 is 13.2 Å². The molecule has 2 aromatic rings. The van der Waals surface area contributed by atoms with Crippen molar-refractivity contribution in [1.82, 2.24) is 0 Å². The van der Waals surface area contributed by atoms with E-state index in [0.29, 0.717) is 5.69 Å². The number of hydrogen-bond acceptors (Lipinski definition) is 2. The molecule has 3 rings (SSSR count). The third-order valence-electron chi connectivity index (χ3n) is 3.81. The lowest BCUT2D eigenvalue weighted by atomic mass is 10.1. The summed E-state index contributed by atoms with van der Waals surface area (Å²) in [4.78, 5) is 0. The number of rotatable bonds is 2. The zero-order chi connectivity index (χ0) is 15.0. The van der Waals surface area contributed by atoms with E-state index in [4.69, 9.17) is 5.73 Å². The van der Waals surface area contributed by atoms with E-state index in [9.17, 15) is 13.2 Å². The predicted molar refractivity (Wildman–Crippen MR) is 75.9 cm³/mol. The maximum atomic E-state index is 12.5. The van der Waals surface area contributed by atoms with Gasteiger partial charge in [-0.05, 0) is 41.8 Å². The summed E-state index contributed by atoms with van der Waals surface area (Å²) in [5.41, 5.74) is 8.43. The summed E-state index contributed by atoms with van der Waals surface area (Å²) < 4.78 is 37.6. The van der Waals surface area contributed by atoms with Gasteiger partial charge in [-0.25, -0.2) is 0 Å². The molecular weight excluding hydrogens is 277 g/mol. The van der Waals surface area contributed by atoms with Crippen molar-refractivity contribution in [1.29, 1.82) is 0 Å². The van der Waals surface area contributed by atoms with Crippen LogP contribution in [0.1, 0.15) is 22.7 Å². The average Bonchev–Trinajstić information content (AvgIpc) is 2.75. The number of hydrogen-bond donors (Lipinski definition) is 2. The third-order valence-corrected chi connectivity index (χ3v) is 3.81. The van der Waals surface area contributed by atoms with Gasteiger partial charge in [-0.15, -0.1) is 0 Å². The van der Waals surface area contributed by atoms with Crippen molar-refractivity contribution in [2.75, 3.05) is 5.32 Å². The number of anilines is 1. The van der Waals surface area contributed by atoms with Crippen LogP contribution in [-0.4, -0.2) is 6.04 Å². The van der Waals surface area contributed by atoms with Crippen LogP contribution < -0.4 is 11.1 Å². The minimum Gasteiger partial charge on any atom is -0.377 e. The number of nitrogens with one attached hydrogen (secondary N) is 1. The van der Waals surface area contributed by atoms with Gasteiger partial charge in [0.2, 0.25) is 0 Å². The second-order valence-electron chi connectivity index (χ2n) is 5.26. The first-order chi connectivity index (χ1) is 9.95. The predicted octanol–water partition coefficient (Wildman–Crippen LogP) is 3.74. The maximum Gasteiger partial charge on any atom is 0.416 e. The van der Waals surface area contributed by atoms with Crippen LogP contribution in [0.5, 0.6) is 0 Å².